The number of rotatable bonds is 1. The van der Waals surface area contributed by atoms with E-state index in [1.165, 1.54) is 4.90 Å². The van der Waals surface area contributed by atoms with Crippen LogP contribution in [0.15, 0.2) is 0 Å². The molecule has 2 rings (SSSR count). The van der Waals surface area contributed by atoms with Gasteiger partial charge in [0.15, 0.2) is 0 Å². The summed E-state index contributed by atoms with van der Waals surface area (Å²) in [5.41, 5.74) is -0.648. The smallest absolute Gasteiger partial charge is 0.410 e. The zero-order valence-electron chi connectivity index (χ0n) is 14.4. The van der Waals surface area contributed by atoms with Gasteiger partial charge in [0.2, 0.25) is 5.91 Å². The summed E-state index contributed by atoms with van der Waals surface area (Å²) in [4.78, 5) is 40.5. The van der Waals surface area contributed by atoms with Crippen molar-refractivity contribution < 1.29 is 29.0 Å². The maximum absolute atomic E-state index is 12.7. The molecule has 0 aromatic rings. The van der Waals surface area contributed by atoms with Crippen LogP contribution in [0.25, 0.3) is 0 Å². The van der Waals surface area contributed by atoms with Crippen LogP contribution < -0.4 is 0 Å². The van der Waals surface area contributed by atoms with Gasteiger partial charge < -0.3 is 24.4 Å². The van der Waals surface area contributed by atoms with Crippen LogP contribution in [0.4, 0.5) is 9.59 Å². The number of piperazine rings is 1. The van der Waals surface area contributed by atoms with Crippen molar-refractivity contribution in [1.29, 1.82) is 0 Å². The van der Waals surface area contributed by atoms with E-state index in [0.717, 1.165) is 4.90 Å². The van der Waals surface area contributed by atoms with Crippen molar-refractivity contribution in [3.63, 3.8) is 0 Å². The lowest BCUT2D eigenvalue weighted by Crippen LogP contribution is -2.63. The van der Waals surface area contributed by atoms with Crippen LogP contribution in [0, 0.1) is 0 Å². The SMILES string of the molecule is CC(C)(C)OC(=O)N1CCN(C(=O)O)C(C(=O)N2CCOCC2)C1. The number of carbonyl (C=O) groups is 3. The highest BCUT2D eigenvalue weighted by Crippen LogP contribution is 2.17. The molecule has 2 fully saturated rings. The van der Waals surface area contributed by atoms with E-state index < -0.39 is 23.8 Å². The molecule has 0 aliphatic carbocycles. The number of hydrogen-bond acceptors (Lipinski definition) is 5. The van der Waals surface area contributed by atoms with Crippen molar-refractivity contribution >= 4 is 18.1 Å². The first kappa shape index (κ1) is 18.3. The van der Waals surface area contributed by atoms with Crippen LogP contribution in [0.3, 0.4) is 0 Å². The summed E-state index contributed by atoms with van der Waals surface area (Å²) in [5.74, 6) is -0.297. The highest BCUT2D eigenvalue weighted by Gasteiger charge is 2.40. The summed E-state index contributed by atoms with van der Waals surface area (Å²) in [6.07, 6.45) is -1.70. The van der Waals surface area contributed by atoms with Crippen molar-refractivity contribution in [2.45, 2.75) is 32.4 Å². The van der Waals surface area contributed by atoms with Gasteiger partial charge in [0, 0.05) is 26.2 Å². The fourth-order valence-corrected chi connectivity index (χ4v) is 2.71. The molecule has 3 amide bonds. The molecule has 0 aromatic carbocycles. The van der Waals surface area contributed by atoms with Crippen molar-refractivity contribution in [2.75, 3.05) is 45.9 Å². The third-order valence-corrected chi connectivity index (χ3v) is 3.89. The topological polar surface area (TPSA) is 99.6 Å². The summed E-state index contributed by atoms with van der Waals surface area (Å²) in [6, 6.07) is -0.915. The predicted molar refractivity (Wildman–Crippen MR) is 83.7 cm³/mol. The highest BCUT2D eigenvalue weighted by atomic mass is 16.6. The van der Waals surface area contributed by atoms with E-state index in [1.807, 2.05) is 0 Å². The molecule has 2 heterocycles. The first-order valence-electron chi connectivity index (χ1n) is 8.03. The third kappa shape index (κ3) is 4.50. The Morgan fingerprint density at radius 3 is 2.21 bits per heavy atom. The molecule has 0 aromatic heterocycles. The molecule has 1 N–H and O–H groups in total. The van der Waals surface area contributed by atoms with Gasteiger partial charge in [0.1, 0.15) is 11.6 Å². The molecule has 2 aliphatic heterocycles. The Morgan fingerprint density at radius 1 is 1.04 bits per heavy atom. The van der Waals surface area contributed by atoms with Crippen LogP contribution >= 0.6 is 0 Å². The molecular formula is C15H25N3O6. The molecule has 2 aliphatic rings. The lowest BCUT2D eigenvalue weighted by atomic mass is 10.1. The lowest BCUT2D eigenvalue weighted by molar-refractivity contribution is -0.142. The molecule has 136 valence electrons. The van der Waals surface area contributed by atoms with Crippen LogP contribution in [0.1, 0.15) is 20.8 Å². The number of ether oxygens (including phenoxy) is 2. The molecular weight excluding hydrogens is 318 g/mol. The Balaban J connectivity index is 2.09. The monoisotopic (exact) mass is 343 g/mol. The minimum absolute atomic E-state index is 0.00258. The van der Waals surface area contributed by atoms with E-state index in [-0.39, 0.29) is 25.5 Å². The molecule has 0 bridgehead atoms. The van der Waals surface area contributed by atoms with Gasteiger partial charge in [0.25, 0.3) is 0 Å². The average molecular weight is 343 g/mol. The number of morpholine rings is 1. The first-order valence-corrected chi connectivity index (χ1v) is 8.03. The van der Waals surface area contributed by atoms with E-state index >= 15 is 0 Å². The van der Waals surface area contributed by atoms with E-state index in [0.29, 0.717) is 26.3 Å². The Bertz CT molecular complexity index is 498. The molecule has 2 saturated heterocycles. The first-order chi connectivity index (χ1) is 11.2. The molecule has 0 radical (unpaired) electrons. The van der Waals surface area contributed by atoms with E-state index in [9.17, 15) is 19.5 Å². The van der Waals surface area contributed by atoms with E-state index in [2.05, 4.69) is 0 Å². The fraction of sp³-hybridized carbons (Fsp3) is 0.800. The van der Waals surface area contributed by atoms with Crippen LogP contribution in [0.2, 0.25) is 0 Å². The molecule has 24 heavy (non-hydrogen) atoms. The number of carbonyl (C=O) groups excluding carboxylic acids is 2. The normalized spacial score (nSPS) is 22.3. The standard InChI is InChI=1S/C15H25N3O6/c1-15(2,3)24-14(22)17-4-5-18(13(20)21)11(10-17)12(19)16-6-8-23-9-7-16/h11H,4-10H2,1-3H3,(H,20,21). The van der Waals surface area contributed by atoms with Gasteiger partial charge in [-0.05, 0) is 20.8 Å². The molecule has 1 unspecified atom stereocenters. The Labute approximate surface area is 141 Å². The maximum Gasteiger partial charge on any atom is 0.410 e. The maximum atomic E-state index is 12.7. The molecule has 0 spiro atoms. The summed E-state index contributed by atoms with van der Waals surface area (Å²) in [6.45, 7) is 7.27. The summed E-state index contributed by atoms with van der Waals surface area (Å²) >= 11 is 0. The summed E-state index contributed by atoms with van der Waals surface area (Å²) in [5, 5.41) is 9.36. The third-order valence-electron chi connectivity index (χ3n) is 3.89. The summed E-state index contributed by atoms with van der Waals surface area (Å²) in [7, 11) is 0. The largest absolute Gasteiger partial charge is 0.465 e. The van der Waals surface area contributed by atoms with E-state index in [1.54, 1.807) is 25.7 Å². The molecule has 0 saturated carbocycles. The van der Waals surface area contributed by atoms with Gasteiger partial charge in [-0.3, -0.25) is 9.69 Å². The van der Waals surface area contributed by atoms with Crippen molar-refractivity contribution in [3.8, 4) is 0 Å². The van der Waals surface area contributed by atoms with Gasteiger partial charge in [0.05, 0.1) is 19.8 Å². The quantitative estimate of drug-likeness (QED) is 0.742. The Kier molecular flexibility index (Phi) is 5.53. The van der Waals surface area contributed by atoms with Gasteiger partial charge in [-0.25, -0.2) is 9.59 Å². The lowest BCUT2D eigenvalue weighted by Gasteiger charge is -2.41. The zero-order chi connectivity index (χ0) is 17.9. The number of hydrogen-bond donors (Lipinski definition) is 1. The number of nitrogens with zero attached hydrogens (tertiary/aromatic N) is 3. The second kappa shape index (κ2) is 7.25. The molecule has 9 nitrogen and oxygen atoms in total. The van der Waals surface area contributed by atoms with Crippen molar-refractivity contribution in [2.24, 2.45) is 0 Å². The Hall–Kier alpha value is -2.03. The number of carboxylic acid groups (broad SMARTS) is 1. The van der Waals surface area contributed by atoms with Gasteiger partial charge >= 0.3 is 12.2 Å². The van der Waals surface area contributed by atoms with Crippen LogP contribution in [-0.4, -0.2) is 95.5 Å². The minimum Gasteiger partial charge on any atom is -0.465 e. The van der Waals surface area contributed by atoms with Gasteiger partial charge in [-0.2, -0.15) is 0 Å². The average Bonchev–Trinajstić information content (AvgIpc) is 2.52. The highest BCUT2D eigenvalue weighted by molar-refractivity contribution is 5.86. The zero-order valence-corrected chi connectivity index (χ0v) is 14.4. The van der Waals surface area contributed by atoms with Crippen LogP contribution in [-0.2, 0) is 14.3 Å². The van der Waals surface area contributed by atoms with Gasteiger partial charge in [-0.15, -0.1) is 0 Å². The van der Waals surface area contributed by atoms with Crippen molar-refractivity contribution in [3.05, 3.63) is 0 Å². The fourth-order valence-electron chi connectivity index (χ4n) is 2.71. The second-order valence-corrected chi connectivity index (χ2v) is 6.86. The number of amides is 3. The van der Waals surface area contributed by atoms with E-state index in [4.69, 9.17) is 9.47 Å². The van der Waals surface area contributed by atoms with Crippen LogP contribution in [0.5, 0.6) is 0 Å². The minimum atomic E-state index is -1.16. The van der Waals surface area contributed by atoms with Crippen molar-refractivity contribution in [1.82, 2.24) is 14.7 Å². The van der Waals surface area contributed by atoms with Gasteiger partial charge in [-0.1, -0.05) is 0 Å². The molecule has 1 atom stereocenters. The second-order valence-electron chi connectivity index (χ2n) is 6.86. The molecule has 9 heteroatoms. The summed E-state index contributed by atoms with van der Waals surface area (Å²) < 4.78 is 10.5. The Morgan fingerprint density at radius 2 is 1.67 bits per heavy atom. The predicted octanol–water partition coefficient (Wildman–Crippen LogP) is 0.445.